The lowest BCUT2D eigenvalue weighted by molar-refractivity contribution is -0.0504. The second-order valence-electron chi connectivity index (χ2n) is 2.43. The van der Waals surface area contributed by atoms with Crippen molar-refractivity contribution >= 4 is 0 Å². The fourth-order valence-corrected chi connectivity index (χ4v) is 1.14. The van der Waals surface area contributed by atoms with E-state index in [0.29, 0.717) is 5.75 Å². The van der Waals surface area contributed by atoms with Crippen molar-refractivity contribution in [2.75, 3.05) is 7.11 Å². The van der Waals surface area contributed by atoms with Crippen LogP contribution in [0.2, 0.25) is 0 Å². The first kappa shape index (κ1) is 7.34. The number of fused-ring (bicyclic) bond motifs is 1. The summed E-state index contributed by atoms with van der Waals surface area (Å²) in [7, 11) is 1.42. The van der Waals surface area contributed by atoms with Crippen LogP contribution in [0.4, 0.5) is 8.78 Å². The molecule has 0 spiro atoms. The standard InChI is InChI=1S/C8H6F2O2/c1-11-6-3-4-2-5(4)7(6)12-8(9)10/h2-3,8H,1H3. The molecule has 4 heteroatoms. The first-order valence-corrected chi connectivity index (χ1v) is 3.39. The summed E-state index contributed by atoms with van der Waals surface area (Å²) in [5.41, 5.74) is 1.65. The lowest BCUT2D eigenvalue weighted by atomic mass is 10.5. The second-order valence-corrected chi connectivity index (χ2v) is 2.43. The zero-order chi connectivity index (χ0) is 8.72. The molecular formula is C8H6F2O2. The average Bonchev–Trinajstić information content (AvgIpc) is 2.69. The van der Waals surface area contributed by atoms with Crippen molar-refractivity contribution in [1.82, 2.24) is 0 Å². The van der Waals surface area contributed by atoms with Crippen LogP contribution in [0.1, 0.15) is 0 Å². The van der Waals surface area contributed by atoms with Gasteiger partial charge in [0.2, 0.25) is 0 Å². The first-order valence-electron chi connectivity index (χ1n) is 3.39. The van der Waals surface area contributed by atoms with Crippen molar-refractivity contribution in [3.05, 3.63) is 12.1 Å². The predicted molar refractivity (Wildman–Crippen MR) is 38.6 cm³/mol. The van der Waals surface area contributed by atoms with Crippen LogP contribution in [0, 0.1) is 0 Å². The Labute approximate surface area is 67.7 Å². The Morgan fingerprint density at radius 3 is 2.67 bits per heavy atom. The summed E-state index contributed by atoms with van der Waals surface area (Å²) in [6.07, 6.45) is 0. The number of hydrogen-bond acceptors (Lipinski definition) is 2. The van der Waals surface area contributed by atoms with Gasteiger partial charge in [0, 0.05) is 5.56 Å². The Morgan fingerprint density at radius 1 is 1.33 bits per heavy atom. The normalized spacial score (nSPS) is 11.7. The van der Waals surface area contributed by atoms with Gasteiger partial charge < -0.3 is 9.47 Å². The van der Waals surface area contributed by atoms with Gasteiger partial charge in [-0.05, 0) is 17.7 Å². The lowest BCUT2D eigenvalue weighted by Gasteiger charge is -2.04. The molecule has 0 radical (unpaired) electrons. The molecule has 0 aromatic carbocycles. The number of benzene rings is 1. The molecule has 64 valence electrons. The smallest absolute Gasteiger partial charge is 0.387 e. The van der Waals surface area contributed by atoms with Crippen molar-refractivity contribution in [3.63, 3.8) is 0 Å². The Kier molecular flexibility index (Phi) is 1.43. The number of ether oxygens (including phenoxy) is 2. The van der Waals surface area contributed by atoms with Gasteiger partial charge in [-0.25, -0.2) is 0 Å². The van der Waals surface area contributed by atoms with Crippen LogP contribution in [0.3, 0.4) is 0 Å². The Balaban J connectivity index is 2.24. The zero-order valence-corrected chi connectivity index (χ0v) is 6.30. The van der Waals surface area contributed by atoms with E-state index in [1.165, 1.54) is 7.11 Å². The maximum atomic E-state index is 11.8. The molecule has 0 N–H and O–H groups in total. The number of rotatable bonds is 3. The maximum absolute atomic E-state index is 11.8. The molecule has 12 heavy (non-hydrogen) atoms. The molecule has 0 fully saturated rings. The summed E-state index contributed by atoms with van der Waals surface area (Å²) >= 11 is 0. The highest BCUT2D eigenvalue weighted by atomic mass is 19.3. The highest BCUT2D eigenvalue weighted by molar-refractivity contribution is 5.91. The van der Waals surface area contributed by atoms with E-state index in [2.05, 4.69) is 4.74 Å². The third-order valence-corrected chi connectivity index (χ3v) is 1.71. The van der Waals surface area contributed by atoms with Gasteiger partial charge in [0.05, 0.1) is 7.11 Å². The fraction of sp³-hybridized carbons (Fsp3) is 0.250. The first-order chi connectivity index (χ1) is 5.72. The molecular weight excluding hydrogens is 166 g/mol. The van der Waals surface area contributed by atoms with Crippen molar-refractivity contribution in [2.24, 2.45) is 0 Å². The molecule has 0 aromatic heterocycles. The van der Waals surface area contributed by atoms with Crippen LogP contribution >= 0.6 is 0 Å². The molecule has 0 aliphatic heterocycles. The van der Waals surface area contributed by atoms with Crippen LogP contribution in [0.25, 0.3) is 11.1 Å². The number of alkyl halides is 2. The highest BCUT2D eigenvalue weighted by Crippen LogP contribution is 2.51. The molecule has 0 amide bonds. The monoisotopic (exact) mass is 172 g/mol. The van der Waals surface area contributed by atoms with E-state index in [1.54, 1.807) is 12.1 Å². The van der Waals surface area contributed by atoms with Crippen molar-refractivity contribution in [1.29, 1.82) is 0 Å². The molecule has 2 aliphatic carbocycles. The van der Waals surface area contributed by atoms with Gasteiger partial charge in [0.1, 0.15) is 0 Å². The van der Waals surface area contributed by atoms with Gasteiger partial charge in [-0.2, -0.15) is 8.78 Å². The van der Waals surface area contributed by atoms with E-state index < -0.39 is 6.61 Å². The van der Waals surface area contributed by atoms with E-state index in [9.17, 15) is 8.78 Å². The molecule has 0 heterocycles. The quantitative estimate of drug-likeness (QED) is 0.707. The van der Waals surface area contributed by atoms with Gasteiger partial charge in [0.15, 0.2) is 11.5 Å². The largest absolute Gasteiger partial charge is 0.493 e. The third kappa shape index (κ3) is 0.995. The van der Waals surface area contributed by atoms with Crippen LogP contribution < -0.4 is 9.47 Å². The molecule has 0 saturated carbocycles. The molecule has 0 saturated heterocycles. The molecule has 0 bridgehead atoms. The molecule has 0 aromatic rings. The minimum atomic E-state index is -2.79. The van der Waals surface area contributed by atoms with Gasteiger partial charge in [0.25, 0.3) is 0 Å². The van der Waals surface area contributed by atoms with Crippen molar-refractivity contribution < 1.29 is 18.3 Å². The molecule has 2 nitrogen and oxygen atoms in total. The lowest BCUT2D eigenvalue weighted by Crippen LogP contribution is -2.02. The average molecular weight is 172 g/mol. The van der Waals surface area contributed by atoms with Crippen molar-refractivity contribution in [3.8, 4) is 22.6 Å². The summed E-state index contributed by atoms with van der Waals surface area (Å²) < 4.78 is 32.8. The fourth-order valence-electron chi connectivity index (χ4n) is 1.14. The summed E-state index contributed by atoms with van der Waals surface area (Å²) in [4.78, 5) is 0. The minimum Gasteiger partial charge on any atom is -0.493 e. The Hall–Kier alpha value is -1.32. The predicted octanol–water partition coefficient (Wildman–Crippen LogP) is 2.28. The van der Waals surface area contributed by atoms with Crippen LogP contribution in [-0.4, -0.2) is 13.7 Å². The SMILES string of the molecule is COc1cc2cc-2c1OC(F)F. The number of methoxy groups -OCH3 is 1. The summed E-state index contributed by atoms with van der Waals surface area (Å²) in [6, 6.07) is 3.44. The number of halogens is 2. The number of hydrogen-bond donors (Lipinski definition) is 0. The molecule has 2 rings (SSSR count). The topological polar surface area (TPSA) is 18.5 Å². The summed E-state index contributed by atoms with van der Waals surface area (Å²) in [5, 5.41) is 0. The van der Waals surface area contributed by atoms with E-state index >= 15 is 0 Å². The molecule has 2 aliphatic rings. The molecule has 0 atom stereocenters. The van der Waals surface area contributed by atoms with Gasteiger partial charge in [-0.1, -0.05) is 0 Å². The van der Waals surface area contributed by atoms with Gasteiger partial charge in [-0.3, -0.25) is 0 Å². The van der Waals surface area contributed by atoms with E-state index in [1.807, 2.05) is 0 Å². The maximum Gasteiger partial charge on any atom is 0.387 e. The Bertz CT molecular complexity index is 323. The minimum absolute atomic E-state index is 0.155. The van der Waals surface area contributed by atoms with E-state index in [4.69, 9.17) is 4.74 Å². The van der Waals surface area contributed by atoms with Crippen molar-refractivity contribution in [2.45, 2.75) is 6.61 Å². The Morgan fingerprint density at radius 2 is 2.08 bits per heavy atom. The van der Waals surface area contributed by atoms with Crippen LogP contribution in [-0.2, 0) is 0 Å². The van der Waals surface area contributed by atoms with Crippen LogP contribution in [0.5, 0.6) is 11.5 Å². The zero-order valence-electron chi connectivity index (χ0n) is 6.30. The van der Waals surface area contributed by atoms with Gasteiger partial charge >= 0.3 is 6.61 Å². The summed E-state index contributed by atoms with van der Waals surface area (Å²) in [5.74, 6) is 0.533. The van der Waals surface area contributed by atoms with Crippen LogP contribution in [0.15, 0.2) is 12.1 Å². The van der Waals surface area contributed by atoms with Gasteiger partial charge in [-0.15, -0.1) is 0 Å². The molecule has 0 unspecified atom stereocenters. The van der Waals surface area contributed by atoms with E-state index in [0.717, 1.165) is 11.1 Å². The third-order valence-electron chi connectivity index (χ3n) is 1.71. The van der Waals surface area contributed by atoms with E-state index in [-0.39, 0.29) is 5.75 Å². The summed E-state index contributed by atoms with van der Waals surface area (Å²) in [6.45, 7) is -2.79. The highest BCUT2D eigenvalue weighted by Gasteiger charge is 2.26. The second kappa shape index (κ2) is 2.33.